The van der Waals surface area contributed by atoms with E-state index in [-0.39, 0.29) is 28.3 Å². The number of ether oxygens (including phenoxy) is 1. The molecule has 43 heavy (non-hydrogen) atoms. The molecule has 1 N–H and O–H groups in total. The van der Waals surface area contributed by atoms with E-state index in [1.807, 2.05) is 30.0 Å². The van der Waals surface area contributed by atoms with Crippen molar-refractivity contribution in [2.45, 2.75) is 130 Å². The van der Waals surface area contributed by atoms with Crippen LogP contribution in [0, 0.1) is 0 Å². The molecular weight excluding hydrogens is 616 g/mol. The van der Waals surface area contributed by atoms with E-state index in [1.165, 1.54) is 81.1 Å². The summed E-state index contributed by atoms with van der Waals surface area (Å²) in [4.78, 5) is 16.9. The second kappa shape index (κ2) is 20.2. The summed E-state index contributed by atoms with van der Waals surface area (Å²) in [6.45, 7) is 12.6. The molecule has 240 valence electrons. The average Bonchev–Trinajstić information content (AvgIpc) is 3.36. The van der Waals surface area contributed by atoms with E-state index in [1.54, 1.807) is 0 Å². The number of thioether (sulfide) groups is 1. The van der Waals surface area contributed by atoms with Gasteiger partial charge in [0.1, 0.15) is 5.75 Å². The predicted molar refractivity (Wildman–Crippen MR) is 193 cm³/mol. The predicted octanol–water partition coefficient (Wildman–Crippen LogP) is 11.2. The fourth-order valence-corrected chi connectivity index (χ4v) is 6.16. The third kappa shape index (κ3) is 14.2. The van der Waals surface area contributed by atoms with E-state index < -0.39 is 0 Å². The summed E-state index contributed by atoms with van der Waals surface area (Å²) in [6.07, 6.45) is 18.4. The Hall–Kier alpha value is -1.92. The normalized spacial score (nSPS) is 13.0. The zero-order chi connectivity index (χ0) is 30.2. The first-order valence-corrected chi connectivity index (χ1v) is 17.4. The van der Waals surface area contributed by atoms with Gasteiger partial charge in [0.25, 0.3) is 0 Å². The number of hydrogen-bond donors (Lipinski definition) is 1. The van der Waals surface area contributed by atoms with Crippen molar-refractivity contribution in [3.63, 3.8) is 0 Å². The molecule has 1 aliphatic rings. The van der Waals surface area contributed by atoms with Crippen LogP contribution < -0.4 is 10.1 Å². The number of carbonyl (C=O) groups is 1. The molecule has 0 atom stereocenters. The van der Waals surface area contributed by atoms with Crippen LogP contribution in [0.4, 0.5) is 5.69 Å². The number of nitrogens with one attached hydrogen (secondary N) is 1. The van der Waals surface area contributed by atoms with E-state index in [2.05, 4.69) is 75.3 Å². The first-order chi connectivity index (χ1) is 20.3. The second-order valence-electron chi connectivity index (χ2n) is 13.0. The van der Waals surface area contributed by atoms with E-state index in [9.17, 15) is 4.79 Å². The highest BCUT2D eigenvalue weighted by atomic mass is 79.9. The third-order valence-electron chi connectivity index (χ3n) is 8.03. The van der Waals surface area contributed by atoms with Crippen molar-refractivity contribution in [1.29, 1.82) is 0 Å². The van der Waals surface area contributed by atoms with E-state index in [4.69, 9.17) is 4.74 Å². The standard InChI is InChI=1S/C37H56N2O2S.BrH/c1-6-7-8-9-10-11-12-13-14-15-16-19-24-41-35-26-33(37(3,4)5)23-22-31(35)25-36(40)38-34-21-18-17-20-32(34)28-39-27-30(2)42-29-39;/h17-18,20-23,26-27H,6-16,19,24-25,28-29H2,1-5H3,(H,38,40);1H. The van der Waals surface area contributed by atoms with Crippen molar-refractivity contribution in [3.05, 3.63) is 70.3 Å². The highest BCUT2D eigenvalue weighted by Crippen LogP contribution is 2.30. The van der Waals surface area contributed by atoms with Gasteiger partial charge in [-0.05, 0) is 46.9 Å². The van der Waals surface area contributed by atoms with Crippen molar-refractivity contribution in [3.8, 4) is 5.75 Å². The maximum absolute atomic E-state index is 13.2. The summed E-state index contributed by atoms with van der Waals surface area (Å²) in [5.41, 5.74) is 4.22. The van der Waals surface area contributed by atoms with Gasteiger partial charge in [-0.2, -0.15) is 0 Å². The van der Waals surface area contributed by atoms with Crippen LogP contribution in [-0.2, 0) is 23.2 Å². The molecule has 6 heteroatoms. The highest BCUT2D eigenvalue weighted by Gasteiger charge is 2.19. The Balaban J connectivity index is 0.00000645. The first-order valence-electron chi connectivity index (χ1n) is 16.5. The minimum Gasteiger partial charge on any atom is -0.493 e. The molecule has 0 saturated heterocycles. The van der Waals surface area contributed by atoms with Crippen LogP contribution >= 0.6 is 28.7 Å². The molecule has 0 saturated carbocycles. The highest BCUT2D eigenvalue weighted by molar-refractivity contribution is 8.93. The van der Waals surface area contributed by atoms with Gasteiger partial charge in [-0.3, -0.25) is 4.79 Å². The quantitative estimate of drug-likeness (QED) is 0.151. The molecule has 0 bridgehead atoms. The van der Waals surface area contributed by atoms with Crippen molar-refractivity contribution >= 4 is 40.3 Å². The number of allylic oxidation sites excluding steroid dienone is 1. The van der Waals surface area contributed by atoms with Gasteiger partial charge in [-0.1, -0.05) is 129 Å². The van der Waals surface area contributed by atoms with Gasteiger partial charge in [-0.25, -0.2) is 0 Å². The maximum Gasteiger partial charge on any atom is 0.228 e. The van der Waals surface area contributed by atoms with Crippen LogP contribution in [0.5, 0.6) is 5.75 Å². The van der Waals surface area contributed by atoms with Crippen molar-refractivity contribution in [2.24, 2.45) is 0 Å². The van der Waals surface area contributed by atoms with E-state index in [0.29, 0.717) is 13.0 Å². The lowest BCUT2D eigenvalue weighted by Crippen LogP contribution is -2.19. The maximum atomic E-state index is 13.2. The second-order valence-corrected chi connectivity index (χ2v) is 14.1. The molecule has 0 radical (unpaired) electrons. The Morgan fingerprint density at radius 2 is 1.51 bits per heavy atom. The summed E-state index contributed by atoms with van der Waals surface area (Å²) >= 11 is 1.85. The number of rotatable bonds is 19. The van der Waals surface area contributed by atoms with Crippen molar-refractivity contribution in [1.82, 2.24) is 4.90 Å². The lowest BCUT2D eigenvalue weighted by molar-refractivity contribution is -0.115. The molecule has 3 rings (SSSR count). The molecule has 0 aromatic heterocycles. The third-order valence-corrected chi connectivity index (χ3v) is 9.05. The molecule has 2 aromatic rings. The zero-order valence-electron chi connectivity index (χ0n) is 27.5. The Morgan fingerprint density at radius 3 is 2.12 bits per heavy atom. The van der Waals surface area contributed by atoms with Crippen LogP contribution in [0.2, 0.25) is 0 Å². The van der Waals surface area contributed by atoms with Crippen LogP contribution in [-0.4, -0.2) is 23.3 Å². The minimum atomic E-state index is -0.0105. The van der Waals surface area contributed by atoms with Crippen LogP contribution in [0.1, 0.15) is 128 Å². The molecular formula is C37H57BrN2O2S. The number of hydrogen-bond acceptors (Lipinski definition) is 4. The van der Waals surface area contributed by atoms with Crippen LogP contribution in [0.3, 0.4) is 0 Å². The molecule has 2 aromatic carbocycles. The number of halogens is 1. The number of nitrogens with zero attached hydrogens (tertiary/aromatic N) is 1. The van der Waals surface area contributed by atoms with E-state index >= 15 is 0 Å². The molecule has 4 nitrogen and oxygen atoms in total. The molecule has 0 unspecified atom stereocenters. The molecule has 1 amide bonds. The molecule has 1 heterocycles. The van der Waals surface area contributed by atoms with Gasteiger partial charge in [0, 0.05) is 24.0 Å². The van der Waals surface area contributed by atoms with Gasteiger partial charge in [0.05, 0.1) is 18.9 Å². The number of amides is 1. The number of unbranched alkanes of at least 4 members (excludes halogenated alkanes) is 11. The lowest BCUT2D eigenvalue weighted by atomic mass is 9.86. The SMILES string of the molecule is Br.CCCCCCCCCCCCCCOc1cc(C(C)(C)C)ccc1CC(=O)Nc1ccccc1CN1C=C(C)SC1. The van der Waals surface area contributed by atoms with Crippen LogP contribution in [0.15, 0.2) is 53.6 Å². The monoisotopic (exact) mass is 672 g/mol. The Bertz CT molecular complexity index is 1130. The zero-order valence-corrected chi connectivity index (χ0v) is 30.0. The van der Waals surface area contributed by atoms with Crippen molar-refractivity contribution in [2.75, 3.05) is 17.8 Å². The number of benzene rings is 2. The number of carbonyl (C=O) groups excluding carboxylic acids is 1. The number of anilines is 1. The van der Waals surface area contributed by atoms with Crippen LogP contribution in [0.25, 0.3) is 0 Å². The largest absolute Gasteiger partial charge is 0.493 e. The summed E-state index contributed by atoms with van der Waals surface area (Å²) in [5.74, 6) is 1.79. The first kappa shape index (κ1) is 37.3. The molecule has 1 aliphatic heterocycles. The van der Waals surface area contributed by atoms with Gasteiger partial charge in [0.2, 0.25) is 5.91 Å². The van der Waals surface area contributed by atoms with Gasteiger partial charge in [-0.15, -0.1) is 28.7 Å². The summed E-state index contributed by atoms with van der Waals surface area (Å²) in [7, 11) is 0. The summed E-state index contributed by atoms with van der Waals surface area (Å²) < 4.78 is 6.34. The van der Waals surface area contributed by atoms with Gasteiger partial charge in [0.15, 0.2) is 0 Å². The molecule has 0 fully saturated rings. The summed E-state index contributed by atoms with van der Waals surface area (Å²) in [6, 6.07) is 14.5. The number of para-hydroxylation sites is 1. The smallest absolute Gasteiger partial charge is 0.228 e. The Labute approximate surface area is 277 Å². The van der Waals surface area contributed by atoms with Gasteiger partial charge >= 0.3 is 0 Å². The van der Waals surface area contributed by atoms with Gasteiger partial charge < -0.3 is 15.0 Å². The minimum absolute atomic E-state index is 0. The average molecular weight is 674 g/mol. The fourth-order valence-electron chi connectivity index (χ4n) is 5.40. The van der Waals surface area contributed by atoms with E-state index in [0.717, 1.165) is 41.4 Å². The molecule has 0 aliphatic carbocycles. The Kier molecular flexibility index (Phi) is 17.5. The molecule has 0 spiro atoms. The fraction of sp³-hybridized carbons (Fsp3) is 0.595. The topological polar surface area (TPSA) is 41.6 Å². The summed E-state index contributed by atoms with van der Waals surface area (Å²) in [5, 5.41) is 3.19. The Morgan fingerprint density at radius 1 is 0.884 bits per heavy atom. The lowest BCUT2D eigenvalue weighted by Gasteiger charge is -2.22. The van der Waals surface area contributed by atoms with Crippen molar-refractivity contribution < 1.29 is 9.53 Å².